The van der Waals surface area contributed by atoms with E-state index in [0.717, 1.165) is 30.6 Å². The zero-order valence-electron chi connectivity index (χ0n) is 14.8. The van der Waals surface area contributed by atoms with Gasteiger partial charge in [-0.3, -0.25) is 9.59 Å². The molecule has 5 heteroatoms. The molecule has 5 nitrogen and oxygen atoms in total. The fourth-order valence-electron chi connectivity index (χ4n) is 3.22. The molecule has 2 unspecified atom stereocenters. The maximum absolute atomic E-state index is 12.7. The summed E-state index contributed by atoms with van der Waals surface area (Å²) < 4.78 is 0. The van der Waals surface area contributed by atoms with Gasteiger partial charge in [-0.15, -0.1) is 0 Å². The molecule has 2 amide bonds. The third-order valence-electron chi connectivity index (χ3n) is 4.57. The van der Waals surface area contributed by atoms with Crippen molar-refractivity contribution in [2.75, 3.05) is 11.9 Å². The zero-order valence-corrected chi connectivity index (χ0v) is 14.8. The van der Waals surface area contributed by atoms with Crippen LogP contribution in [0.1, 0.15) is 24.8 Å². The minimum Gasteiger partial charge on any atom is -0.344 e. The van der Waals surface area contributed by atoms with Crippen molar-refractivity contribution in [2.45, 2.75) is 37.8 Å². The minimum atomic E-state index is -0.605. The number of rotatable bonds is 7. The molecule has 2 aromatic rings. The summed E-state index contributed by atoms with van der Waals surface area (Å²) in [7, 11) is 0. The van der Waals surface area contributed by atoms with E-state index in [9.17, 15) is 9.59 Å². The van der Waals surface area contributed by atoms with Gasteiger partial charge in [-0.2, -0.15) is 0 Å². The van der Waals surface area contributed by atoms with E-state index in [1.165, 1.54) is 0 Å². The van der Waals surface area contributed by atoms with Crippen molar-refractivity contribution in [1.82, 2.24) is 10.6 Å². The van der Waals surface area contributed by atoms with E-state index in [2.05, 4.69) is 16.0 Å². The van der Waals surface area contributed by atoms with Crippen LogP contribution in [0.25, 0.3) is 0 Å². The van der Waals surface area contributed by atoms with Gasteiger partial charge in [-0.25, -0.2) is 0 Å². The Bertz CT molecular complexity index is 713. The Morgan fingerprint density at radius 2 is 1.73 bits per heavy atom. The van der Waals surface area contributed by atoms with Crippen LogP contribution in [-0.2, 0) is 16.0 Å². The molecule has 0 saturated carbocycles. The van der Waals surface area contributed by atoms with Crippen LogP contribution in [0.3, 0.4) is 0 Å². The highest BCUT2D eigenvalue weighted by molar-refractivity contribution is 5.97. The number of benzene rings is 2. The molecule has 0 aliphatic carbocycles. The van der Waals surface area contributed by atoms with Gasteiger partial charge in [0.1, 0.15) is 6.04 Å². The van der Waals surface area contributed by atoms with Crippen LogP contribution in [0.4, 0.5) is 5.69 Å². The number of nitrogens with one attached hydrogen (secondary N) is 3. The van der Waals surface area contributed by atoms with Crippen LogP contribution in [-0.4, -0.2) is 30.4 Å². The van der Waals surface area contributed by atoms with E-state index in [0.29, 0.717) is 12.8 Å². The van der Waals surface area contributed by atoms with Gasteiger partial charge in [0.2, 0.25) is 11.8 Å². The summed E-state index contributed by atoms with van der Waals surface area (Å²) in [5, 5.41) is 9.13. The number of carbonyl (C=O) groups excluding carboxylic acids is 2. The molecule has 3 N–H and O–H groups in total. The number of carbonyl (C=O) groups is 2. The maximum Gasteiger partial charge on any atom is 0.247 e. The second-order valence-corrected chi connectivity index (χ2v) is 6.66. The Balaban J connectivity index is 1.66. The normalized spacial score (nSPS) is 17.5. The highest BCUT2D eigenvalue weighted by atomic mass is 16.2. The van der Waals surface area contributed by atoms with E-state index in [1.54, 1.807) is 0 Å². The average Bonchev–Trinajstić information content (AvgIpc) is 3.16. The minimum absolute atomic E-state index is 0.0893. The molecule has 1 fully saturated rings. The van der Waals surface area contributed by atoms with Crippen molar-refractivity contribution in [3.05, 3.63) is 66.2 Å². The lowest BCUT2D eigenvalue weighted by molar-refractivity contribution is -0.126. The maximum atomic E-state index is 12.7. The molecule has 0 aromatic heterocycles. The highest BCUT2D eigenvalue weighted by Gasteiger charge is 2.24. The Hall–Kier alpha value is -2.66. The first-order valence-corrected chi connectivity index (χ1v) is 9.13. The second-order valence-electron chi connectivity index (χ2n) is 6.66. The van der Waals surface area contributed by atoms with Crippen molar-refractivity contribution in [3.63, 3.8) is 0 Å². The number of amides is 2. The third-order valence-corrected chi connectivity index (χ3v) is 4.57. The van der Waals surface area contributed by atoms with Gasteiger partial charge >= 0.3 is 0 Å². The summed E-state index contributed by atoms with van der Waals surface area (Å²) in [6.45, 7) is 0.958. The quantitative estimate of drug-likeness (QED) is 0.718. The van der Waals surface area contributed by atoms with Gasteiger partial charge in [-0.05, 0) is 37.1 Å². The largest absolute Gasteiger partial charge is 0.344 e. The lowest BCUT2D eigenvalue weighted by Crippen LogP contribution is -2.46. The van der Waals surface area contributed by atoms with Crippen LogP contribution >= 0.6 is 0 Å². The molecule has 0 radical (unpaired) electrons. The molecule has 2 atom stereocenters. The first kappa shape index (κ1) is 18.1. The molecule has 1 saturated heterocycles. The molecule has 1 aliphatic heterocycles. The topological polar surface area (TPSA) is 70.2 Å². The molecule has 136 valence electrons. The molecule has 26 heavy (non-hydrogen) atoms. The summed E-state index contributed by atoms with van der Waals surface area (Å²) in [5.74, 6) is -0.290. The molecule has 0 spiro atoms. The molecule has 1 heterocycles. The van der Waals surface area contributed by atoms with Crippen LogP contribution in [0.5, 0.6) is 0 Å². The highest BCUT2D eigenvalue weighted by Crippen LogP contribution is 2.11. The monoisotopic (exact) mass is 351 g/mol. The summed E-state index contributed by atoms with van der Waals surface area (Å²) in [6, 6.07) is 18.6. The van der Waals surface area contributed by atoms with E-state index < -0.39 is 6.04 Å². The predicted molar refractivity (Wildman–Crippen MR) is 103 cm³/mol. The second kappa shape index (κ2) is 9.15. The van der Waals surface area contributed by atoms with E-state index in [4.69, 9.17) is 0 Å². The Kier molecular flexibility index (Phi) is 6.39. The van der Waals surface area contributed by atoms with Crippen LogP contribution in [0, 0.1) is 0 Å². The standard InChI is InChI=1S/C21H25N3O2/c25-20(15-18-12-7-13-22-18)24-19(14-16-8-3-1-4-9-16)21(26)23-17-10-5-2-6-11-17/h1-6,8-11,18-19,22H,7,12-15H2,(H,23,26)(H,24,25). The van der Waals surface area contributed by atoms with Crippen molar-refractivity contribution in [2.24, 2.45) is 0 Å². The average molecular weight is 351 g/mol. The van der Waals surface area contributed by atoms with Gasteiger partial charge in [-0.1, -0.05) is 48.5 Å². The van der Waals surface area contributed by atoms with Crippen molar-refractivity contribution in [1.29, 1.82) is 0 Å². The summed E-state index contributed by atoms with van der Waals surface area (Å²) >= 11 is 0. The van der Waals surface area contributed by atoms with Crippen molar-refractivity contribution >= 4 is 17.5 Å². The van der Waals surface area contributed by atoms with Gasteiger partial charge in [0.25, 0.3) is 0 Å². The molecule has 0 bridgehead atoms. The van der Waals surface area contributed by atoms with E-state index >= 15 is 0 Å². The first-order valence-electron chi connectivity index (χ1n) is 9.13. The third kappa shape index (κ3) is 5.43. The zero-order chi connectivity index (χ0) is 18.2. The SMILES string of the molecule is O=C(CC1CCCN1)NC(Cc1ccccc1)C(=O)Nc1ccccc1. The molecular formula is C21H25N3O2. The number of hydrogen-bond acceptors (Lipinski definition) is 3. The van der Waals surface area contributed by atoms with Crippen molar-refractivity contribution < 1.29 is 9.59 Å². The molecule has 2 aromatic carbocycles. The first-order chi connectivity index (χ1) is 12.7. The Labute approximate surface area is 154 Å². The fraction of sp³-hybridized carbons (Fsp3) is 0.333. The van der Waals surface area contributed by atoms with Crippen LogP contribution < -0.4 is 16.0 Å². The summed E-state index contributed by atoms with van der Waals surface area (Å²) in [6.07, 6.45) is 2.97. The summed E-state index contributed by atoms with van der Waals surface area (Å²) in [5.41, 5.74) is 1.74. The number of para-hydroxylation sites is 1. The number of hydrogen-bond donors (Lipinski definition) is 3. The van der Waals surface area contributed by atoms with Crippen LogP contribution in [0.2, 0.25) is 0 Å². The predicted octanol–water partition coefficient (Wildman–Crippen LogP) is 2.49. The Morgan fingerprint density at radius 3 is 2.38 bits per heavy atom. The van der Waals surface area contributed by atoms with Gasteiger partial charge in [0.15, 0.2) is 0 Å². The van der Waals surface area contributed by atoms with E-state index in [1.807, 2.05) is 60.7 Å². The van der Waals surface area contributed by atoms with Crippen molar-refractivity contribution in [3.8, 4) is 0 Å². The Morgan fingerprint density at radius 1 is 1.04 bits per heavy atom. The van der Waals surface area contributed by atoms with Crippen LogP contribution in [0.15, 0.2) is 60.7 Å². The van der Waals surface area contributed by atoms with E-state index in [-0.39, 0.29) is 17.9 Å². The summed E-state index contributed by atoms with van der Waals surface area (Å²) in [4.78, 5) is 25.2. The van der Waals surface area contributed by atoms with Gasteiger partial charge in [0.05, 0.1) is 0 Å². The lowest BCUT2D eigenvalue weighted by Gasteiger charge is -2.20. The van der Waals surface area contributed by atoms with Gasteiger partial charge in [0, 0.05) is 24.6 Å². The number of anilines is 1. The fourth-order valence-corrected chi connectivity index (χ4v) is 3.22. The molecule has 1 aliphatic rings. The smallest absolute Gasteiger partial charge is 0.247 e. The lowest BCUT2D eigenvalue weighted by atomic mass is 10.0. The molecule has 3 rings (SSSR count). The van der Waals surface area contributed by atoms with Gasteiger partial charge < -0.3 is 16.0 Å². The molecular weight excluding hydrogens is 326 g/mol.